The highest BCUT2D eigenvalue weighted by atomic mass is 16.2. The number of anilines is 4. The molecule has 1 atom stereocenters. The van der Waals surface area contributed by atoms with Gasteiger partial charge in [0.1, 0.15) is 11.7 Å². The van der Waals surface area contributed by atoms with Gasteiger partial charge in [0.15, 0.2) is 0 Å². The zero-order chi connectivity index (χ0) is 24.9. The van der Waals surface area contributed by atoms with Crippen molar-refractivity contribution in [2.75, 3.05) is 54.1 Å². The first kappa shape index (κ1) is 23.8. The lowest BCUT2D eigenvalue weighted by atomic mass is 9.90. The van der Waals surface area contributed by atoms with Crippen molar-refractivity contribution in [3.63, 3.8) is 0 Å². The van der Waals surface area contributed by atoms with Crippen molar-refractivity contribution in [1.82, 2.24) is 9.88 Å². The number of amidine groups is 1. The molecule has 3 heterocycles. The number of rotatable bonds is 6. The highest BCUT2D eigenvalue weighted by Gasteiger charge is 2.25. The average molecular weight is 486 g/mol. The van der Waals surface area contributed by atoms with Gasteiger partial charge in [-0.05, 0) is 61.6 Å². The van der Waals surface area contributed by atoms with Crippen LogP contribution in [0.1, 0.15) is 42.7 Å². The number of carbonyl (C=O) groups is 1. The number of carbonyl (C=O) groups excluding carboxylic acids is 1. The number of amides is 2. The van der Waals surface area contributed by atoms with Gasteiger partial charge in [0, 0.05) is 51.0 Å². The summed E-state index contributed by atoms with van der Waals surface area (Å²) >= 11 is 0. The number of urea groups is 1. The van der Waals surface area contributed by atoms with E-state index < -0.39 is 0 Å². The van der Waals surface area contributed by atoms with Crippen LogP contribution in [0.25, 0.3) is 0 Å². The molecule has 2 aromatic carbocycles. The summed E-state index contributed by atoms with van der Waals surface area (Å²) < 4.78 is 0. The lowest BCUT2D eigenvalue weighted by molar-refractivity contribution is 0.262. The van der Waals surface area contributed by atoms with Crippen LogP contribution in [-0.4, -0.2) is 55.0 Å². The van der Waals surface area contributed by atoms with Crippen LogP contribution in [0.2, 0.25) is 0 Å². The molecule has 0 radical (unpaired) electrons. The van der Waals surface area contributed by atoms with Crippen LogP contribution >= 0.6 is 0 Å². The summed E-state index contributed by atoms with van der Waals surface area (Å²) in [6, 6.07) is 17.8. The Hall–Kier alpha value is -3.94. The number of aromatic nitrogens is 1. The number of H-pyrrole nitrogens is 1. The summed E-state index contributed by atoms with van der Waals surface area (Å²) in [7, 11) is 1.86. The maximum Gasteiger partial charge on any atom is 0.323 e. The standard InChI is InChI=1S/C28H35N7O/c1-30-27-23(13-14-31-27)26(29)35-17-7-9-21(19-35)20-8-6-10-22(18-20)32-28(36)33-24-11-2-3-12-25(24)34-15-4-5-16-34/h2-3,6,8,10-14,18,21,29-31H,4-5,7,9,15-17,19H2,1H3,(H2,32,33,36)/t21-/m0/s1. The SMILES string of the molecule is CNc1[nH]ccc1C(=N)N1CCC[C@H](c2cccc(NC(=O)Nc3ccccc3N3CCCC3)c2)C1. The Morgan fingerprint density at radius 3 is 2.67 bits per heavy atom. The minimum absolute atomic E-state index is 0.238. The topological polar surface area (TPSA) is 99.3 Å². The number of piperidine rings is 1. The number of nitrogens with one attached hydrogen (secondary N) is 5. The molecule has 0 bridgehead atoms. The van der Waals surface area contributed by atoms with Gasteiger partial charge in [-0.2, -0.15) is 0 Å². The Morgan fingerprint density at radius 1 is 1.00 bits per heavy atom. The minimum Gasteiger partial charge on any atom is -0.374 e. The summed E-state index contributed by atoms with van der Waals surface area (Å²) in [4.78, 5) is 20.5. The maximum atomic E-state index is 12.9. The van der Waals surface area contributed by atoms with E-state index in [9.17, 15) is 4.79 Å². The van der Waals surface area contributed by atoms with E-state index in [0.717, 1.165) is 67.5 Å². The molecular weight excluding hydrogens is 450 g/mol. The van der Waals surface area contributed by atoms with E-state index in [0.29, 0.717) is 11.8 Å². The van der Waals surface area contributed by atoms with Crippen molar-refractivity contribution in [1.29, 1.82) is 5.41 Å². The Labute approximate surface area is 212 Å². The first-order valence-corrected chi connectivity index (χ1v) is 12.8. The predicted molar refractivity (Wildman–Crippen MR) is 148 cm³/mol. The van der Waals surface area contributed by atoms with Gasteiger partial charge in [-0.15, -0.1) is 0 Å². The molecule has 3 aromatic rings. The van der Waals surface area contributed by atoms with Crippen LogP contribution in [0, 0.1) is 5.41 Å². The molecule has 2 aliphatic rings. The second-order valence-corrected chi connectivity index (χ2v) is 9.57. The molecule has 36 heavy (non-hydrogen) atoms. The molecule has 0 saturated carbocycles. The number of para-hydroxylation sites is 2. The molecule has 2 amide bonds. The molecule has 0 aliphatic carbocycles. The third kappa shape index (κ3) is 5.17. The number of likely N-dealkylation sites (tertiary alicyclic amines) is 1. The van der Waals surface area contributed by atoms with E-state index in [1.807, 2.05) is 49.6 Å². The first-order valence-electron chi connectivity index (χ1n) is 12.8. The van der Waals surface area contributed by atoms with E-state index >= 15 is 0 Å². The molecule has 0 unspecified atom stereocenters. The second-order valence-electron chi connectivity index (χ2n) is 9.57. The molecule has 188 valence electrons. The second kappa shape index (κ2) is 10.8. The summed E-state index contributed by atoms with van der Waals surface area (Å²) in [5, 5.41) is 18.0. The van der Waals surface area contributed by atoms with Crippen LogP contribution in [0.3, 0.4) is 0 Å². The molecule has 1 aromatic heterocycles. The van der Waals surface area contributed by atoms with E-state index in [-0.39, 0.29) is 6.03 Å². The number of nitrogens with zero attached hydrogens (tertiary/aromatic N) is 2. The Kier molecular flexibility index (Phi) is 7.11. The molecule has 5 N–H and O–H groups in total. The van der Waals surface area contributed by atoms with Gasteiger partial charge in [-0.1, -0.05) is 24.3 Å². The van der Waals surface area contributed by atoms with Gasteiger partial charge in [0.05, 0.1) is 16.9 Å². The van der Waals surface area contributed by atoms with Crippen molar-refractivity contribution in [3.8, 4) is 0 Å². The van der Waals surface area contributed by atoms with Crippen molar-refractivity contribution >= 4 is 34.7 Å². The number of benzene rings is 2. The fourth-order valence-electron chi connectivity index (χ4n) is 5.36. The molecule has 0 spiro atoms. The van der Waals surface area contributed by atoms with Crippen LogP contribution in [0.4, 0.5) is 27.7 Å². The lowest BCUT2D eigenvalue weighted by Crippen LogP contribution is -2.39. The van der Waals surface area contributed by atoms with Crippen molar-refractivity contribution in [2.45, 2.75) is 31.6 Å². The summed E-state index contributed by atoms with van der Waals surface area (Å²) in [6.45, 7) is 3.71. The largest absolute Gasteiger partial charge is 0.374 e. The zero-order valence-corrected chi connectivity index (χ0v) is 20.8. The van der Waals surface area contributed by atoms with Gasteiger partial charge in [-0.25, -0.2) is 4.79 Å². The van der Waals surface area contributed by atoms with Gasteiger partial charge < -0.3 is 30.7 Å². The minimum atomic E-state index is -0.238. The fraction of sp³-hybridized carbons (Fsp3) is 0.357. The van der Waals surface area contributed by atoms with E-state index in [4.69, 9.17) is 5.41 Å². The smallest absolute Gasteiger partial charge is 0.323 e. The summed E-state index contributed by atoms with van der Waals surface area (Å²) in [5.41, 5.74) is 4.76. The van der Waals surface area contributed by atoms with E-state index in [1.54, 1.807) is 0 Å². The van der Waals surface area contributed by atoms with Crippen LogP contribution in [-0.2, 0) is 0 Å². The number of hydrogen-bond donors (Lipinski definition) is 5. The quantitative estimate of drug-likeness (QED) is 0.235. The molecule has 2 aliphatic heterocycles. The molecular formula is C28H35N7O. The first-order chi connectivity index (χ1) is 17.6. The average Bonchev–Trinajstić information content (AvgIpc) is 3.61. The maximum absolute atomic E-state index is 12.9. The highest BCUT2D eigenvalue weighted by molar-refractivity contribution is 6.02. The molecule has 5 rings (SSSR count). The third-order valence-electron chi connectivity index (χ3n) is 7.20. The number of aromatic amines is 1. The molecule has 8 nitrogen and oxygen atoms in total. The molecule has 8 heteroatoms. The Bertz CT molecular complexity index is 1210. The Balaban J connectivity index is 1.24. The van der Waals surface area contributed by atoms with E-state index in [1.165, 1.54) is 18.4 Å². The van der Waals surface area contributed by atoms with Crippen molar-refractivity contribution in [2.24, 2.45) is 0 Å². The third-order valence-corrected chi connectivity index (χ3v) is 7.20. The van der Waals surface area contributed by atoms with Gasteiger partial charge in [-0.3, -0.25) is 5.41 Å². The van der Waals surface area contributed by atoms with Crippen molar-refractivity contribution < 1.29 is 4.79 Å². The Morgan fingerprint density at radius 2 is 1.83 bits per heavy atom. The predicted octanol–water partition coefficient (Wildman–Crippen LogP) is 5.51. The monoisotopic (exact) mass is 485 g/mol. The van der Waals surface area contributed by atoms with Crippen LogP contribution < -0.4 is 20.9 Å². The summed E-state index contributed by atoms with van der Waals surface area (Å²) in [5.74, 6) is 1.71. The van der Waals surface area contributed by atoms with E-state index in [2.05, 4.69) is 48.9 Å². The van der Waals surface area contributed by atoms with Gasteiger partial charge >= 0.3 is 6.03 Å². The zero-order valence-electron chi connectivity index (χ0n) is 20.8. The summed E-state index contributed by atoms with van der Waals surface area (Å²) in [6.07, 6.45) is 6.33. The lowest BCUT2D eigenvalue weighted by Gasteiger charge is -2.35. The molecule has 2 saturated heterocycles. The van der Waals surface area contributed by atoms with Gasteiger partial charge in [0.25, 0.3) is 0 Å². The number of hydrogen-bond acceptors (Lipinski definition) is 4. The highest BCUT2D eigenvalue weighted by Crippen LogP contribution is 2.31. The fourth-order valence-corrected chi connectivity index (χ4v) is 5.36. The van der Waals surface area contributed by atoms with Crippen LogP contribution in [0.5, 0.6) is 0 Å². The van der Waals surface area contributed by atoms with Crippen LogP contribution in [0.15, 0.2) is 60.8 Å². The van der Waals surface area contributed by atoms with Gasteiger partial charge in [0.2, 0.25) is 0 Å². The van der Waals surface area contributed by atoms with Crippen molar-refractivity contribution in [3.05, 3.63) is 71.9 Å². The molecule has 2 fully saturated rings. The normalized spacial score (nSPS) is 17.6.